The van der Waals surface area contributed by atoms with Gasteiger partial charge in [-0.2, -0.15) is 0 Å². The first-order chi connectivity index (χ1) is 8.04. The van der Waals surface area contributed by atoms with Crippen LogP contribution in [0.1, 0.15) is 38.4 Å². The SMILES string of the molecule is CSC(=S)CC(CC(=O)C(C)C)c1ccco1. The summed E-state index contributed by atoms with van der Waals surface area (Å²) >= 11 is 6.80. The van der Waals surface area contributed by atoms with Crippen LogP contribution in [0.2, 0.25) is 0 Å². The number of carbonyl (C=O) groups excluding carboxylic acids is 1. The second-order valence-electron chi connectivity index (χ2n) is 4.32. The summed E-state index contributed by atoms with van der Waals surface area (Å²) in [5, 5.41) is 0. The molecule has 2 nitrogen and oxygen atoms in total. The van der Waals surface area contributed by atoms with Crippen molar-refractivity contribution in [2.75, 3.05) is 6.26 Å². The molecule has 0 saturated carbocycles. The molecule has 0 bridgehead atoms. The van der Waals surface area contributed by atoms with Gasteiger partial charge in [0.1, 0.15) is 11.5 Å². The van der Waals surface area contributed by atoms with E-state index in [0.717, 1.165) is 16.4 Å². The molecular weight excluding hydrogens is 252 g/mol. The minimum atomic E-state index is 0.0651. The van der Waals surface area contributed by atoms with Crippen LogP contribution in [0.4, 0.5) is 0 Å². The van der Waals surface area contributed by atoms with Crippen LogP contribution in [-0.2, 0) is 4.79 Å². The minimum Gasteiger partial charge on any atom is -0.469 e. The van der Waals surface area contributed by atoms with Crippen molar-refractivity contribution in [3.8, 4) is 0 Å². The van der Waals surface area contributed by atoms with E-state index in [1.54, 1.807) is 18.0 Å². The summed E-state index contributed by atoms with van der Waals surface area (Å²) in [4.78, 5) is 11.8. The van der Waals surface area contributed by atoms with Gasteiger partial charge in [-0.3, -0.25) is 4.79 Å². The van der Waals surface area contributed by atoms with Crippen molar-refractivity contribution in [1.29, 1.82) is 0 Å². The van der Waals surface area contributed by atoms with E-state index in [9.17, 15) is 4.79 Å². The van der Waals surface area contributed by atoms with E-state index < -0.39 is 0 Å². The van der Waals surface area contributed by atoms with Crippen molar-refractivity contribution >= 4 is 34.0 Å². The number of ketones is 1. The smallest absolute Gasteiger partial charge is 0.136 e. The van der Waals surface area contributed by atoms with Gasteiger partial charge in [-0.05, 0) is 24.8 Å². The van der Waals surface area contributed by atoms with Crippen LogP contribution < -0.4 is 0 Å². The van der Waals surface area contributed by atoms with Crippen molar-refractivity contribution in [1.82, 2.24) is 0 Å². The highest BCUT2D eigenvalue weighted by Gasteiger charge is 2.21. The molecule has 0 aliphatic rings. The third-order valence-electron chi connectivity index (χ3n) is 2.68. The zero-order valence-corrected chi connectivity index (χ0v) is 12.1. The molecule has 0 aliphatic heterocycles. The van der Waals surface area contributed by atoms with Crippen molar-refractivity contribution in [3.63, 3.8) is 0 Å². The third kappa shape index (κ3) is 4.64. The maximum atomic E-state index is 11.8. The second kappa shape index (κ2) is 6.97. The van der Waals surface area contributed by atoms with Gasteiger partial charge < -0.3 is 4.42 Å². The number of carbonyl (C=O) groups is 1. The Labute approximate surface area is 112 Å². The lowest BCUT2D eigenvalue weighted by Gasteiger charge is -2.15. The molecule has 17 heavy (non-hydrogen) atoms. The van der Waals surface area contributed by atoms with Crippen LogP contribution in [0.3, 0.4) is 0 Å². The molecule has 1 atom stereocenters. The largest absolute Gasteiger partial charge is 0.469 e. The van der Waals surface area contributed by atoms with Gasteiger partial charge in [-0.1, -0.05) is 26.1 Å². The molecule has 0 aromatic carbocycles. The molecule has 0 spiro atoms. The topological polar surface area (TPSA) is 30.2 Å². The monoisotopic (exact) mass is 270 g/mol. The van der Waals surface area contributed by atoms with E-state index in [1.165, 1.54) is 0 Å². The van der Waals surface area contributed by atoms with Crippen LogP contribution in [-0.4, -0.2) is 16.2 Å². The maximum Gasteiger partial charge on any atom is 0.136 e. The predicted octanol–water partition coefficient (Wildman–Crippen LogP) is 4.06. The number of hydrogen-bond donors (Lipinski definition) is 0. The Bertz CT molecular complexity index is 369. The highest BCUT2D eigenvalue weighted by Crippen LogP contribution is 2.28. The third-order valence-corrected chi connectivity index (χ3v) is 3.97. The Kier molecular flexibility index (Phi) is 5.92. The zero-order chi connectivity index (χ0) is 12.8. The quantitative estimate of drug-likeness (QED) is 0.729. The molecule has 1 unspecified atom stereocenters. The summed E-state index contributed by atoms with van der Waals surface area (Å²) < 4.78 is 6.32. The van der Waals surface area contributed by atoms with E-state index in [1.807, 2.05) is 32.2 Å². The summed E-state index contributed by atoms with van der Waals surface area (Å²) in [6.07, 6.45) is 4.84. The van der Waals surface area contributed by atoms with Gasteiger partial charge in [0.25, 0.3) is 0 Å². The minimum absolute atomic E-state index is 0.0651. The maximum absolute atomic E-state index is 11.8. The molecule has 0 N–H and O–H groups in total. The molecule has 0 amide bonds. The van der Waals surface area contributed by atoms with E-state index in [-0.39, 0.29) is 17.6 Å². The van der Waals surface area contributed by atoms with Crippen LogP contribution in [0.25, 0.3) is 0 Å². The summed E-state index contributed by atoms with van der Waals surface area (Å²) in [6, 6.07) is 3.77. The molecule has 1 rings (SSSR count). The zero-order valence-electron chi connectivity index (χ0n) is 10.4. The summed E-state index contributed by atoms with van der Waals surface area (Å²) in [7, 11) is 0. The number of furan rings is 1. The summed E-state index contributed by atoms with van der Waals surface area (Å²) in [5.41, 5.74) is 0. The van der Waals surface area contributed by atoms with Crippen molar-refractivity contribution in [2.24, 2.45) is 5.92 Å². The predicted molar refractivity (Wildman–Crippen MR) is 76.6 cm³/mol. The molecule has 94 valence electrons. The van der Waals surface area contributed by atoms with Crippen LogP contribution in [0.15, 0.2) is 22.8 Å². The van der Waals surface area contributed by atoms with Gasteiger partial charge in [0, 0.05) is 22.5 Å². The summed E-state index contributed by atoms with van der Waals surface area (Å²) in [5.74, 6) is 1.26. The van der Waals surface area contributed by atoms with Crippen LogP contribution in [0, 0.1) is 5.92 Å². The Balaban J connectivity index is 2.73. The van der Waals surface area contributed by atoms with Gasteiger partial charge in [-0.25, -0.2) is 0 Å². The first kappa shape index (κ1) is 14.5. The van der Waals surface area contributed by atoms with E-state index >= 15 is 0 Å². The first-order valence-electron chi connectivity index (χ1n) is 5.67. The molecule has 0 saturated heterocycles. The Hall–Kier alpha value is -0.610. The van der Waals surface area contributed by atoms with Crippen LogP contribution >= 0.6 is 24.0 Å². The van der Waals surface area contributed by atoms with E-state index in [0.29, 0.717) is 6.42 Å². The molecular formula is C13H18O2S2. The molecule has 1 heterocycles. The van der Waals surface area contributed by atoms with Gasteiger partial charge in [0.2, 0.25) is 0 Å². The Morgan fingerprint density at radius 3 is 2.65 bits per heavy atom. The molecule has 1 aromatic heterocycles. The lowest BCUT2D eigenvalue weighted by atomic mass is 9.92. The van der Waals surface area contributed by atoms with Crippen molar-refractivity contribution in [3.05, 3.63) is 24.2 Å². The fraction of sp³-hybridized carbons (Fsp3) is 0.538. The van der Waals surface area contributed by atoms with Gasteiger partial charge in [-0.15, -0.1) is 11.8 Å². The lowest BCUT2D eigenvalue weighted by molar-refractivity contribution is -0.122. The summed E-state index contributed by atoms with van der Waals surface area (Å²) in [6.45, 7) is 3.85. The highest BCUT2D eigenvalue weighted by molar-refractivity contribution is 8.22. The van der Waals surface area contributed by atoms with Gasteiger partial charge >= 0.3 is 0 Å². The van der Waals surface area contributed by atoms with Gasteiger partial charge in [0.05, 0.1) is 6.26 Å². The fourth-order valence-electron chi connectivity index (χ4n) is 1.56. The first-order valence-corrected chi connectivity index (χ1v) is 7.30. The molecule has 0 fully saturated rings. The number of thiocarbonyl (C=S) groups is 1. The number of hydrogen-bond acceptors (Lipinski definition) is 4. The van der Waals surface area contributed by atoms with Gasteiger partial charge in [0.15, 0.2) is 0 Å². The number of rotatable bonds is 6. The molecule has 0 radical (unpaired) electrons. The fourth-order valence-corrected chi connectivity index (χ4v) is 2.13. The molecule has 0 aliphatic carbocycles. The van der Waals surface area contributed by atoms with Crippen molar-refractivity contribution < 1.29 is 9.21 Å². The normalized spacial score (nSPS) is 12.7. The average molecular weight is 270 g/mol. The standard InChI is InChI=1S/C13H18O2S2/c1-9(2)11(14)7-10(8-13(16)17-3)12-5-4-6-15-12/h4-6,9-10H,7-8H2,1-3H3. The van der Waals surface area contributed by atoms with E-state index in [4.69, 9.17) is 16.6 Å². The molecule has 1 aromatic rings. The average Bonchev–Trinajstić information content (AvgIpc) is 2.80. The number of thioether (sulfide) groups is 1. The lowest BCUT2D eigenvalue weighted by Crippen LogP contribution is -2.13. The second-order valence-corrected chi connectivity index (χ2v) is 5.97. The Morgan fingerprint density at radius 1 is 1.47 bits per heavy atom. The van der Waals surface area contributed by atoms with E-state index in [2.05, 4.69) is 0 Å². The van der Waals surface area contributed by atoms with Crippen LogP contribution in [0.5, 0.6) is 0 Å². The highest BCUT2D eigenvalue weighted by atomic mass is 32.2. The van der Waals surface area contributed by atoms with Crippen molar-refractivity contribution in [2.45, 2.75) is 32.6 Å². The number of Topliss-reactive ketones (excluding diaryl/α,β-unsaturated/α-hetero) is 1. The molecule has 4 heteroatoms. The Morgan fingerprint density at radius 2 is 2.18 bits per heavy atom.